The van der Waals surface area contributed by atoms with E-state index in [1.807, 2.05) is 0 Å². The Kier molecular flexibility index (Phi) is 2.59. The molecule has 0 radical (unpaired) electrons. The number of H-pyrrole nitrogens is 1. The summed E-state index contributed by atoms with van der Waals surface area (Å²) in [6, 6.07) is 4.20. The number of nitrogens with one attached hydrogen (secondary N) is 1. The lowest BCUT2D eigenvalue weighted by atomic mass is 10.1. The lowest BCUT2D eigenvalue weighted by Crippen LogP contribution is -2.36. The van der Waals surface area contributed by atoms with Crippen LogP contribution in [0.25, 0.3) is 10.9 Å². The van der Waals surface area contributed by atoms with Crippen LogP contribution < -0.4 is 4.18 Å². The molecule has 0 bridgehead atoms. The number of aromatic amines is 1. The molecule has 7 heteroatoms. The van der Waals surface area contributed by atoms with Crippen molar-refractivity contribution in [1.29, 1.82) is 0 Å². The zero-order chi connectivity index (χ0) is 18.6. The number of rotatable bonds is 5. The summed E-state index contributed by atoms with van der Waals surface area (Å²) in [7, 11) is -0.538. The van der Waals surface area contributed by atoms with Gasteiger partial charge in [0.05, 0.1) is 30.4 Å². The van der Waals surface area contributed by atoms with Crippen molar-refractivity contribution >= 4 is 21.3 Å². The standard InChI is InChI=1S/C13H18N2O4S/c1-15(2,3)8-7-10-9-14-11-5-4-6-12(13(10)11)19-20(16,17)18/h4-6,9,14H,7-8H2,1-3H3/i7D2,8D2. The van der Waals surface area contributed by atoms with Gasteiger partial charge in [0.2, 0.25) is 0 Å². The number of nitrogens with zero attached hydrogens (tertiary/aromatic N) is 1. The van der Waals surface area contributed by atoms with E-state index in [1.165, 1.54) is 39.5 Å². The summed E-state index contributed by atoms with van der Waals surface area (Å²) in [4.78, 5) is 2.75. The highest BCUT2D eigenvalue weighted by molar-refractivity contribution is 7.81. The number of aromatic nitrogens is 1. The normalized spacial score (nSPS) is 17.2. The maximum absolute atomic E-state index is 10.9. The van der Waals surface area contributed by atoms with E-state index in [1.54, 1.807) is 6.07 Å². The molecule has 0 amide bonds. The summed E-state index contributed by atoms with van der Waals surface area (Å²) >= 11 is 0. The molecule has 0 atom stereocenters. The van der Waals surface area contributed by atoms with Gasteiger partial charge in [0.1, 0.15) is 0 Å². The van der Waals surface area contributed by atoms with Gasteiger partial charge in [-0.2, -0.15) is 0 Å². The smallest absolute Gasteiger partial charge is 0.262 e. The lowest BCUT2D eigenvalue weighted by Gasteiger charge is -2.23. The molecule has 1 N–H and O–H groups in total. The van der Waals surface area contributed by atoms with Gasteiger partial charge >= 0.3 is 0 Å². The van der Waals surface area contributed by atoms with Crippen LogP contribution in [0, 0.1) is 0 Å². The van der Waals surface area contributed by atoms with E-state index in [0.717, 1.165) is 0 Å². The highest BCUT2D eigenvalue weighted by Crippen LogP contribution is 2.30. The first-order valence-corrected chi connectivity index (χ1v) is 7.09. The Morgan fingerprint density at radius 2 is 2.10 bits per heavy atom. The number of quaternary nitrogens is 1. The third-order valence-electron chi connectivity index (χ3n) is 2.39. The predicted octanol–water partition coefficient (Wildman–Crippen LogP) is 1.26. The molecule has 2 rings (SSSR count). The van der Waals surface area contributed by atoms with Crippen molar-refractivity contribution < 1.29 is 27.1 Å². The Morgan fingerprint density at radius 1 is 1.40 bits per heavy atom. The zero-order valence-electron chi connectivity index (χ0n) is 15.3. The average Bonchev–Trinajstić information content (AvgIpc) is 2.80. The predicted molar refractivity (Wildman–Crippen MR) is 75.2 cm³/mol. The Morgan fingerprint density at radius 3 is 2.70 bits per heavy atom. The van der Waals surface area contributed by atoms with Gasteiger partial charge in [-0.05, 0) is 17.7 Å². The van der Waals surface area contributed by atoms with Gasteiger partial charge in [-0.15, -0.1) is 0 Å². The first-order chi connectivity index (χ1) is 10.7. The largest absolute Gasteiger partial charge is 0.716 e. The third kappa shape index (κ3) is 3.72. The Hall–Kier alpha value is -1.57. The molecule has 110 valence electrons. The van der Waals surface area contributed by atoms with Crippen LogP contribution in [0.2, 0.25) is 0 Å². The van der Waals surface area contributed by atoms with Crippen molar-refractivity contribution in [2.75, 3.05) is 27.6 Å². The maximum atomic E-state index is 10.9. The fourth-order valence-electron chi connectivity index (χ4n) is 1.66. The van der Waals surface area contributed by atoms with Crippen LogP contribution in [-0.2, 0) is 16.8 Å². The molecule has 0 aliphatic heterocycles. The van der Waals surface area contributed by atoms with Crippen LogP contribution in [0.15, 0.2) is 24.4 Å². The second kappa shape index (κ2) is 5.08. The summed E-state index contributed by atoms with van der Waals surface area (Å²) < 4.78 is 69.9. The number of benzene rings is 1. The van der Waals surface area contributed by atoms with Crippen LogP contribution in [-0.4, -0.2) is 50.1 Å². The fraction of sp³-hybridized carbons (Fsp3) is 0.385. The van der Waals surface area contributed by atoms with Crippen molar-refractivity contribution in [2.24, 2.45) is 0 Å². The zero-order valence-corrected chi connectivity index (χ0v) is 12.1. The topological polar surface area (TPSA) is 82.2 Å². The number of hydrogen-bond acceptors (Lipinski definition) is 4. The minimum absolute atomic E-state index is 0.0132. The molecule has 0 aliphatic rings. The first-order valence-electron chi connectivity index (χ1n) is 7.76. The van der Waals surface area contributed by atoms with E-state index in [9.17, 15) is 13.0 Å². The molecule has 6 nitrogen and oxygen atoms in total. The van der Waals surface area contributed by atoms with Gasteiger partial charge in [-0.1, -0.05) is 6.07 Å². The van der Waals surface area contributed by atoms with Gasteiger partial charge in [0.15, 0.2) is 5.75 Å². The highest BCUT2D eigenvalue weighted by Gasteiger charge is 2.14. The molecule has 0 saturated carbocycles. The molecule has 20 heavy (non-hydrogen) atoms. The first kappa shape index (κ1) is 10.2. The molecule has 0 spiro atoms. The summed E-state index contributed by atoms with van der Waals surface area (Å²) in [5.74, 6) is -0.347. The molecule has 1 aromatic carbocycles. The molecular weight excluding hydrogens is 280 g/mol. The molecular formula is C13H18N2O4S. The summed E-state index contributed by atoms with van der Waals surface area (Å²) in [5.41, 5.74) is 0.196. The minimum atomic E-state index is -5.06. The number of fused-ring (bicyclic) bond motifs is 1. The van der Waals surface area contributed by atoms with Crippen LogP contribution >= 0.6 is 0 Å². The van der Waals surface area contributed by atoms with Gasteiger partial charge in [-0.3, -0.25) is 0 Å². The Bertz CT molecular complexity index is 872. The van der Waals surface area contributed by atoms with Crippen molar-refractivity contribution in [3.8, 4) is 5.75 Å². The molecule has 0 fully saturated rings. The molecule has 1 aromatic heterocycles. The van der Waals surface area contributed by atoms with E-state index < -0.39 is 23.3 Å². The van der Waals surface area contributed by atoms with Crippen molar-refractivity contribution in [1.82, 2.24) is 4.98 Å². The van der Waals surface area contributed by atoms with Gasteiger partial charge in [0.25, 0.3) is 10.4 Å². The van der Waals surface area contributed by atoms with Gasteiger partial charge in [0, 0.05) is 26.2 Å². The second-order valence-electron chi connectivity index (χ2n) is 5.12. The fourth-order valence-corrected chi connectivity index (χ4v) is 2.02. The Balaban J connectivity index is 2.74. The lowest BCUT2D eigenvalue weighted by molar-refractivity contribution is -0.870. The van der Waals surface area contributed by atoms with E-state index in [2.05, 4.69) is 9.17 Å². The van der Waals surface area contributed by atoms with Gasteiger partial charge < -0.3 is 18.2 Å². The van der Waals surface area contributed by atoms with E-state index >= 15 is 0 Å². The monoisotopic (exact) mass is 302 g/mol. The number of aryl methyl sites for hydroxylation is 1. The number of hydrogen-bond donors (Lipinski definition) is 1. The van der Waals surface area contributed by atoms with Crippen molar-refractivity contribution in [2.45, 2.75) is 6.37 Å². The van der Waals surface area contributed by atoms with E-state index in [-0.39, 0.29) is 21.2 Å². The molecule has 0 aliphatic carbocycles. The minimum Gasteiger partial charge on any atom is -0.716 e. The van der Waals surface area contributed by atoms with Gasteiger partial charge in [-0.25, -0.2) is 8.42 Å². The second-order valence-corrected chi connectivity index (χ2v) is 6.11. The van der Waals surface area contributed by atoms with Crippen LogP contribution in [0.3, 0.4) is 0 Å². The van der Waals surface area contributed by atoms with E-state index in [0.29, 0.717) is 5.52 Å². The van der Waals surface area contributed by atoms with Crippen molar-refractivity contribution in [3.05, 3.63) is 30.0 Å². The third-order valence-corrected chi connectivity index (χ3v) is 2.77. The number of likely N-dealkylation sites (N-methyl/N-ethyl adjacent to an activating group) is 1. The SMILES string of the molecule is [2H]C([2H])(c1c[nH]c2cccc(OS(=O)(=O)[O-])c12)C([2H])([2H])[N+](C)(C)C. The molecule has 2 aromatic rings. The summed E-state index contributed by atoms with van der Waals surface area (Å²) in [6.45, 7) is -2.36. The maximum Gasteiger partial charge on any atom is 0.262 e. The Labute approximate surface area is 124 Å². The average molecular weight is 302 g/mol. The quantitative estimate of drug-likeness (QED) is 0.512. The van der Waals surface area contributed by atoms with Crippen molar-refractivity contribution in [3.63, 3.8) is 0 Å². The van der Waals surface area contributed by atoms with E-state index in [4.69, 9.17) is 5.48 Å². The molecule has 0 unspecified atom stereocenters. The van der Waals surface area contributed by atoms with Crippen LogP contribution in [0.4, 0.5) is 0 Å². The molecule has 0 saturated heterocycles. The van der Waals surface area contributed by atoms with Crippen LogP contribution in [0.5, 0.6) is 5.75 Å². The molecule has 1 heterocycles. The van der Waals surface area contributed by atoms with Crippen LogP contribution in [0.1, 0.15) is 11.0 Å². The summed E-state index contributed by atoms with van der Waals surface area (Å²) in [6.07, 6.45) is -1.25. The summed E-state index contributed by atoms with van der Waals surface area (Å²) in [5, 5.41) is 0.0132. The highest BCUT2D eigenvalue weighted by atomic mass is 32.3.